The zero-order chi connectivity index (χ0) is 15.4. The Morgan fingerprint density at radius 1 is 1.43 bits per heavy atom. The highest BCUT2D eigenvalue weighted by atomic mass is 16.4. The second-order valence-electron chi connectivity index (χ2n) is 5.46. The molecule has 1 aliphatic rings. The van der Waals surface area contributed by atoms with Gasteiger partial charge in [0.1, 0.15) is 0 Å². The highest BCUT2D eigenvalue weighted by Gasteiger charge is 2.33. The summed E-state index contributed by atoms with van der Waals surface area (Å²) in [6, 6.07) is 6.94. The van der Waals surface area contributed by atoms with Crippen molar-refractivity contribution in [1.29, 1.82) is 0 Å². The van der Waals surface area contributed by atoms with Crippen LogP contribution in [0.4, 0.5) is 0 Å². The first kappa shape index (κ1) is 15.3. The van der Waals surface area contributed by atoms with Gasteiger partial charge in [-0.05, 0) is 17.9 Å². The fraction of sp³-hybridized carbons (Fsp3) is 0.467. The molecule has 1 aromatic carbocycles. The topological polar surface area (TPSA) is 99.2 Å². The summed E-state index contributed by atoms with van der Waals surface area (Å²) in [5.74, 6) is 0.401. The van der Waals surface area contributed by atoms with Crippen molar-refractivity contribution < 1.29 is 15.1 Å². The summed E-state index contributed by atoms with van der Waals surface area (Å²) < 4.78 is 0. The Morgan fingerprint density at radius 2 is 2.10 bits per heavy atom. The Kier molecular flexibility index (Phi) is 4.80. The Labute approximate surface area is 123 Å². The standard InChI is InChI=1S/C15H21N3O3/c1-10-6-7-18(13(10)9-19)14(20)8-11-2-4-12(5-3-11)15(16)17-21/h2-5,10,13,19,21H,6-9H2,1H3,(H2,16,17). The Bertz CT molecular complexity index is 527. The Balaban J connectivity index is 2.03. The van der Waals surface area contributed by atoms with Crippen LogP contribution < -0.4 is 5.73 Å². The van der Waals surface area contributed by atoms with E-state index in [9.17, 15) is 9.90 Å². The summed E-state index contributed by atoms with van der Waals surface area (Å²) >= 11 is 0. The van der Waals surface area contributed by atoms with E-state index in [0.717, 1.165) is 12.0 Å². The number of hydrogen-bond acceptors (Lipinski definition) is 4. The van der Waals surface area contributed by atoms with Crippen molar-refractivity contribution in [1.82, 2.24) is 4.90 Å². The van der Waals surface area contributed by atoms with Crippen LogP contribution in [-0.4, -0.2) is 46.1 Å². The maximum Gasteiger partial charge on any atom is 0.227 e. The van der Waals surface area contributed by atoms with Crippen LogP contribution in [0, 0.1) is 5.92 Å². The highest BCUT2D eigenvalue weighted by molar-refractivity contribution is 5.97. The molecule has 1 saturated heterocycles. The van der Waals surface area contributed by atoms with E-state index in [1.807, 2.05) is 0 Å². The number of nitrogens with zero attached hydrogens (tertiary/aromatic N) is 2. The molecule has 2 rings (SSSR count). The summed E-state index contributed by atoms with van der Waals surface area (Å²) in [7, 11) is 0. The van der Waals surface area contributed by atoms with Crippen molar-refractivity contribution in [3.8, 4) is 0 Å². The first-order valence-electron chi connectivity index (χ1n) is 7.04. The number of aliphatic hydroxyl groups is 1. The third-order valence-corrected chi connectivity index (χ3v) is 4.10. The molecular weight excluding hydrogens is 270 g/mol. The molecule has 1 fully saturated rings. The van der Waals surface area contributed by atoms with E-state index in [0.29, 0.717) is 24.4 Å². The molecule has 114 valence electrons. The third-order valence-electron chi connectivity index (χ3n) is 4.10. The fourth-order valence-corrected chi connectivity index (χ4v) is 2.72. The number of carbonyl (C=O) groups excluding carboxylic acids is 1. The van der Waals surface area contributed by atoms with Crippen LogP contribution in [0.1, 0.15) is 24.5 Å². The van der Waals surface area contributed by atoms with Crippen LogP contribution in [0.5, 0.6) is 0 Å². The molecule has 4 N–H and O–H groups in total. The quantitative estimate of drug-likeness (QED) is 0.326. The molecule has 0 saturated carbocycles. The predicted molar refractivity (Wildman–Crippen MR) is 79.0 cm³/mol. The van der Waals surface area contributed by atoms with Gasteiger partial charge in [0.25, 0.3) is 0 Å². The number of rotatable bonds is 4. The largest absolute Gasteiger partial charge is 0.409 e. The van der Waals surface area contributed by atoms with Gasteiger partial charge in [0.2, 0.25) is 5.91 Å². The first-order valence-corrected chi connectivity index (χ1v) is 7.04. The molecule has 0 radical (unpaired) electrons. The van der Waals surface area contributed by atoms with E-state index >= 15 is 0 Å². The van der Waals surface area contributed by atoms with Crippen molar-refractivity contribution in [3.05, 3.63) is 35.4 Å². The number of nitrogens with two attached hydrogens (primary N) is 1. The number of carbonyl (C=O) groups is 1. The molecule has 0 aromatic heterocycles. The molecule has 1 amide bonds. The molecule has 2 atom stereocenters. The average Bonchev–Trinajstić information content (AvgIpc) is 2.88. The lowest BCUT2D eigenvalue weighted by Crippen LogP contribution is -2.40. The number of aliphatic hydroxyl groups excluding tert-OH is 1. The number of amides is 1. The molecule has 0 spiro atoms. The van der Waals surface area contributed by atoms with Crippen molar-refractivity contribution in [2.24, 2.45) is 16.8 Å². The predicted octanol–water partition coefficient (Wildman–Crippen LogP) is 0.553. The van der Waals surface area contributed by atoms with Crippen molar-refractivity contribution in [2.75, 3.05) is 13.2 Å². The van der Waals surface area contributed by atoms with E-state index in [1.54, 1.807) is 29.2 Å². The lowest BCUT2D eigenvalue weighted by Gasteiger charge is -2.25. The normalized spacial score (nSPS) is 22.6. The Hall–Kier alpha value is -2.08. The van der Waals surface area contributed by atoms with Crippen LogP contribution >= 0.6 is 0 Å². The maximum atomic E-state index is 12.3. The molecule has 1 aromatic rings. The number of hydrogen-bond donors (Lipinski definition) is 3. The van der Waals surface area contributed by atoms with Gasteiger partial charge >= 0.3 is 0 Å². The van der Waals surface area contributed by atoms with E-state index in [4.69, 9.17) is 10.9 Å². The minimum Gasteiger partial charge on any atom is -0.409 e. The molecule has 21 heavy (non-hydrogen) atoms. The van der Waals surface area contributed by atoms with Crippen LogP contribution in [0.3, 0.4) is 0 Å². The summed E-state index contributed by atoms with van der Waals surface area (Å²) in [6.45, 7) is 2.77. The SMILES string of the molecule is CC1CCN(C(=O)Cc2ccc(/C(N)=N/O)cc2)C1CO. The van der Waals surface area contributed by atoms with Gasteiger partial charge in [-0.1, -0.05) is 36.3 Å². The van der Waals surface area contributed by atoms with E-state index in [-0.39, 0.29) is 24.4 Å². The van der Waals surface area contributed by atoms with Gasteiger partial charge in [0.05, 0.1) is 19.1 Å². The average molecular weight is 291 g/mol. The fourth-order valence-electron chi connectivity index (χ4n) is 2.72. The minimum absolute atomic E-state index is 0.00927. The van der Waals surface area contributed by atoms with Gasteiger partial charge in [0.15, 0.2) is 5.84 Å². The first-order chi connectivity index (χ1) is 10.1. The summed E-state index contributed by atoms with van der Waals surface area (Å²) in [5.41, 5.74) is 6.97. The van der Waals surface area contributed by atoms with Gasteiger partial charge < -0.3 is 20.9 Å². The molecule has 6 nitrogen and oxygen atoms in total. The number of likely N-dealkylation sites (tertiary alicyclic amines) is 1. The number of benzene rings is 1. The minimum atomic E-state index is -0.0751. The lowest BCUT2D eigenvalue weighted by molar-refractivity contribution is -0.132. The van der Waals surface area contributed by atoms with Crippen LogP contribution in [0.25, 0.3) is 0 Å². The Morgan fingerprint density at radius 3 is 2.67 bits per heavy atom. The lowest BCUT2D eigenvalue weighted by atomic mass is 10.0. The van der Waals surface area contributed by atoms with Crippen molar-refractivity contribution >= 4 is 11.7 Å². The summed E-state index contributed by atoms with van der Waals surface area (Å²) in [4.78, 5) is 14.1. The molecule has 6 heteroatoms. The highest BCUT2D eigenvalue weighted by Crippen LogP contribution is 2.24. The van der Waals surface area contributed by atoms with Gasteiger partial charge in [-0.15, -0.1) is 0 Å². The van der Waals surface area contributed by atoms with E-state index in [1.165, 1.54) is 0 Å². The zero-order valence-corrected chi connectivity index (χ0v) is 12.1. The van der Waals surface area contributed by atoms with Crippen LogP contribution in [0.15, 0.2) is 29.4 Å². The third kappa shape index (κ3) is 3.33. The van der Waals surface area contributed by atoms with Gasteiger partial charge in [-0.2, -0.15) is 0 Å². The number of amidine groups is 1. The van der Waals surface area contributed by atoms with E-state index < -0.39 is 0 Å². The van der Waals surface area contributed by atoms with Crippen LogP contribution in [-0.2, 0) is 11.2 Å². The zero-order valence-electron chi connectivity index (χ0n) is 12.1. The van der Waals surface area contributed by atoms with E-state index in [2.05, 4.69) is 12.1 Å². The second-order valence-corrected chi connectivity index (χ2v) is 5.46. The molecule has 0 aliphatic carbocycles. The van der Waals surface area contributed by atoms with Crippen molar-refractivity contribution in [3.63, 3.8) is 0 Å². The molecule has 0 bridgehead atoms. The molecule has 1 aliphatic heterocycles. The maximum absolute atomic E-state index is 12.3. The molecular formula is C15H21N3O3. The van der Waals surface area contributed by atoms with Crippen molar-refractivity contribution in [2.45, 2.75) is 25.8 Å². The second kappa shape index (κ2) is 6.58. The monoisotopic (exact) mass is 291 g/mol. The number of oxime groups is 1. The smallest absolute Gasteiger partial charge is 0.227 e. The van der Waals surface area contributed by atoms with Gasteiger partial charge in [-0.3, -0.25) is 4.79 Å². The van der Waals surface area contributed by atoms with Crippen LogP contribution in [0.2, 0.25) is 0 Å². The molecule has 2 unspecified atom stereocenters. The molecule has 1 heterocycles. The van der Waals surface area contributed by atoms with Gasteiger partial charge in [-0.25, -0.2) is 0 Å². The van der Waals surface area contributed by atoms with Gasteiger partial charge in [0, 0.05) is 12.1 Å². The summed E-state index contributed by atoms with van der Waals surface area (Å²) in [6.07, 6.45) is 1.22. The summed E-state index contributed by atoms with van der Waals surface area (Å²) in [5, 5.41) is 20.9.